The van der Waals surface area contributed by atoms with Crippen LogP contribution in [-0.4, -0.2) is 5.91 Å². The first-order chi connectivity index (χ1) is 10.2. The van der Waals surface area contributed by atoms with Crippen LogP contribution in [0.3, 0.4) is 0 Å². The van der Waals surface area contributed by atoms with E-state index in [0.29, 0.717) is 6.54 Å². The zero-order valence-electron chi connectivity index (χ0n) is 11.9. The van der Waals surface area contributed by atoms with E-state index in [1.165, 1.54) is 5.39 Å². The number of anilines is 1. The Morgan fingerprint density at radius 2 is 1.86 bits per heavy atom. The number of fused-ring (bicyclic) bond motifs is 1. The highest BCUT2D eigenvalue weighted by molar-refractivity contribution is 5.89. The first-order valence-electron chi connectivity index (χ1n) is 6.95. The molecule has 0 spiro atoms. The molecule has 3 aromatic rings. The van der Waals surface area contributed by atoms with E-state index in [4.69, 9.17) is 0 Å². The van der Waals surface area contributed by atoms with Crippen LogP contribution in [0.15, 0.2) is 67.0 Å². The van der Waals surface area contributed by atoms with Crippen LogP contribution in [0.1, 0.15) is 5.56 Å². The van der Waals surface area contributed by atoms with Gasteiger partial charge < -0.3 is 5.32 Å². The van der Waals surface area contributed by atoms with Crippen molar-refractivity contribution in [3.8, 4) is 0 Å². The molecule has 1 amide bonds. The number of rotatable bonds is 3. The average molecular weight is 277 g/mol. The highest BCUT2D eigenvalue weighted by Crippen LogP contribution is 2.10. The number of nitrogens with one attached hydrogen (secondary N) is 1. The molecule has 0 atom stereocenters. The first-order valence-corrected chi connectivity index (χ1v) is 6.95. The standard InChI is InChI=1S/C18H16N2O/c1-14-5-4-8-17(11-14)19-18(21)13-20-10-9-15-6-2-3-7-16(15)12-20/h2-12H,13H2,1H3/p+1. The van der Waals surface area contributed by atoms with E-state index in [2.05, 4.69) is 11.4 Å². The monoisotopic (exact) mass is 277 g/mol. The van der Waals surface area contributed by atoms with Gasteiger partial charge in [0.15, 0.2) is 12.4 Å². The Hall–Kier alpha value is -2.68. The Labute approximate surface area is 123 Å². The minimum absolute atomic E-state index is 0.0270. The summed E-state index contributed by atoms with van der Waals surface area (Å²) in [5.41, 5.74) is 1.97. The molecule has 0 saturated carbocycles. The Bertz CT molecular complexity index is 796. The van der Waals surface area contributed by atoms with Gasteiger partial charge in [0, 0.05) is 17.1 Å². The Balaban J connectivity index is 1.74. The van der Waals surface area contributed by atoms with E-state index in [-0.39, 0.29) is 5.91 Å². The number of nitrogens with zero attached hydrogens (tertiary/aromatic N) is 1. The number of pyridine rings is 1. The summed E-state index contributed by atoms with van der Waals surface area (Å²) < 4.78 is 1.90. The van der Waals surface area contributed by atoms with E-state index in [9.17, 15) is 4.79 Å². The number of carbonyl (C=O) groups excluding carboxylic acids is 1. The number of benzene rings is 2. The normalized spacial score (nSPS) is 10.5. The van der Waals surface area contributed by atoms with Crippen LogP contribution >= 0.6 is 0 Å². The molecule has 0 fully saturated rings. The number of aryl methyl sites for hydroxylation is 1. The highest BCUT2D eigenvalue weighted by atomic mass is 16.1. The second-order valence-electron chi connectivity index (χ2n) is 5.16. The van der Waals surface area contributed by atoms with Crippen molar-refractivity contribution < 1.29 is 9.36 Å². The van der Waals surface area contributed by atoms with E-state index < -0.39 is 0 Å². The summed E-state index contributed by atoms with van der Waals surface area (Å²) in [4.78, 5) is 12.1. The van der Waals surface area contributed by atoms with Crippen LogP contribution in [0.25, 0.3) is 10.8 Å². The predicted molar refractivity (Wildman–Crippen MR) is 84.0 cm³/mol. The smallest absolute Gasteiger partial charge is 0.290 e. The van der Waals surface area contributed by atoms with Gasteiger partial charge in [-0.25, -0.2) is 0 Å². The van der Waals surface area contributed by atoms with Gasteiger partial charge in [0.1, 0.15) is 0 Å². The Kier molecular flexibility index (Phi) is 3.65. The molecule has 0 unspecified atom stereocenters. The van der Waals surface area contributed by atoms with Crippen LogP contribution < -0.4 is 9.88 Å². The van der Waals surface area contributed by atoms with Crippen molar-refractivity contribution in [3.05, 3.63) is 72.6 Å². The largest absolute Gasteiger partial charge is 0.321 e. The number of aromatic nitrogens is 1. The topological polar surface area (TPSA) is 33.0 Å². The molecule has 21 heavy (non-hydrogen) atoms. The molecule has 1 aromatic heterocycles. The van der Waals surface area contributed by atoms with Gasteiger partial charge in [0.05, 0.1) is 0 Å². The maximum Gasteiger partial charge on any atom is 0.290 e. The molecule has 0 radical (unpaired) electrons. The van der Waals surface area contributed by atoms with Gasteiger partial charge in [-0.05, 0) is 36.1 Å². The van der Waals surface area contributed by atoms with Crippen LogP contribution in [0.5, 0.6) is 0 Å². The van der Waals surface area contributed by atoms with E-state index in [1.807, 2.05) is 72.4 Å². The van der Waals surface area contributed by atoms with Gasteiger partial charge in [-0.1, -0.05) is 30.3 Å². The van der Waals surface area contributed by atoms with Crippen molar-refractivity contribution in [1.82, 2.24) is 0 Å². The fourth-order valence-corrected chi connectivity index (χ4v) is 2.37. The first kappa shape index (κ1) is 13.3. The fraction of sp³-hybridized carbons (Fsp3) is 0.111. The zero-order chi connectivity index (χ0) is 14.7. The number of hydrogen-bond donors (Lipinski definition) is 1. The maximum atomic E-state index is 12.1. The molecular weight excluding hydrogens is 260 g/mol. The summed E-state index contributed by atoms with van der Waals surface area (Å²) in [5, 5.41) is 5.22. The Morgan fingerprint density at radius 1 is 1.05 bits per heavy atom. The average Bonchev–Trinajstić information content (AvgIpc) is 2.47. The maximum absolute atomic E-state index is 12.1. The molecule has 0 aliphatic carbocycles. The predicted octanol–water partition coefficient (Wildman–Crippen LogP) is 3.07. The van der Waals surface area contributed by atoms with Crippen molar-refractivity contribution >= 4 is 22.4 Å². The zero-order valence-corrected chi connectivity index (χ0v) is 11.9. The van der Waals surface area contributed by atoms with Gasteiger partial charge in [-0.15, -0.1) is 0 Å². The molecule has 0 bridgehead atoms. The van der Waals surface area contributed by atoms with Crippen molar-refractivity contribution in [2.75, 3.05) is 5.32 Å². The summed E-state index contributed by atoms with van der Waals surface area (Å²) in [6, 6.07) is 17.9. The molecular formula is C18H17N2O+. The van der Waals surface area contributed by atoms with Gasteiger partial charge in [0.2, 0.25) is 6.54 Å². The molecule has 2 aromatic carbocycles. The lowest BCUT2D eigenvalue weighted by Crippen LogP contribution is -2.39. The minimum atomic E-state index is -0.0270. The third kappa shape index (κ3) is 3.26. The molecule has 1 heterocycles. The van der Waals surface area contributed by atoms with Crippen LogP contribution in [-0.2, 0) is 11.3 Å². The van der Waals surface area contributed by atoms with Crippen LogP contribution in [0.2, 0.25) is 0 Å². The second kappa shape index (κ2) is 5.75. The summed E-state index contributed by atoms with van der Waals surface area (Å²) in [6.07, 6.45) is 3.92. The van der Waals surface area contributed by atoms with Crippen LogP contribution in [0, 0.1) is 6.92 Å². The summed E-state index contributed by atoms with van der Waals surface area (Å²) in [7, 11) is 0. The molecule has 3 nitrogen and oxygen atoms in total. The SMILES string of the molecule is Cc1cccc(NC(=O)C[n+]2ccc3ccccc3c2)c1. The second-order valence-corrected chi connectivity index (χ2v) is 5.16. The summed E-state index contributed by atoms with van der Waals surface area (Å²) in [6.45, 7) is 2.31. The number of hydrogen-bond acceptors (Lipinski definition) is 1. The molecule has 1 N–H and O–H groups in total. The molecule has 0 saturated heterocycles. The van der Waals surface area contributed by atoms with Gasteiger partial charge in [-0.3, -0.25) is 4.79 Å². The number of amides is 1. The van der Waals surface area contributed by atoms with Crippen molar-refractivity contribution in [2.24, 2.45) is 0 Å². The van der Waals surface area contributed by atoms with Crippen molar-refractivity contribution in [1.29, 1.82) is 0 Å². The molecule has 0 aliphatic heterocycles. The van der Waals surface area contributed by atoms with Crippen molar-refractivity contribution in [2.45, 2.75) is 13.5 Å². The fourth-order valence-electron chi connectivity index (χ4n) is 2.37. The van der Waals surface area contributed by atoms with E-state index in [1.54, 1.807) is 0 Å². The Morgan fingerprint density at radius 3 is 2.67 bits per heavy atom. The van der Waals surface area contributed by atoms with Gasteiger partial charge >= 0.3 is 0 Å². The molecule has 3 heteroatoms. The molecule has 3 rings (SSSR count). The summed E-state index contributed by atoms with van der Waals surface area (Å²) in [5.74, 6) is -0.0270. The third-order valence-corrected chi connectivity index (χ3v) is 3.37. The summed E-state index contributed by atoms with van der Waals surface area (Å²) >= 11 is 0. The third-order valence-electron chi connectivity index (χ3n) is 3.37. The molecule has 104 valence electrons. The lowest BCUT2D eigenvalue weighted by Gasteiger charge is -2.04. The number of carbonyl (C=O) groups is 1. The van der Waals surface area contributed by atoms with Crippen molar-refractivity contribution in [3.63, 3.8) is 0 Å². The lowest BCUT2D eigenvalue weighted by atomic mass is 10.2. The highest BCUT2D eigenvalue weighted by Gasteiger charge is 2.10. The van der Waals surface area contributed by atoms with Gasteiger partial charge in [0.25, 0.3) is 5.91 Å². The van der Waals surface area contributed by atoms with E-state index in [0.717, 1.165) is 16.6 Å². The van der Waals surface area contributed by atoms with E-state index >= 15 is 0 Å². The van der Waals surface area contributed by atoms with Gasteiger partial charge in [-0.2, -0.15) is 4.57 Å². The quantitative estimate of drug-likeness (QED) is 0.733. The van der Waals surface area contributed by atoms with Crippen LogP contribution in [0.4, 0.5) is 5.69 Å². The lowest BCUT2D eigenvalue weighted by molar-refractivity contribution is -0.682. The minimum Gasteiger partial charge on any atom is -0.321 e. The molecule has 0 aliphatic rings.